The van der Waals surface area contributed by atoms with Crippen LogP contribution in [0.4, 0.5) is 0 Å². The first-order valence-electron chi connectivity index (χ1n) is 6.62. The predicted molar refractivity (Wildman–Crippen MR) is 76.3 cm³/mol. The van der Waals surface area contributed by atoms with Crippen molar-refractivity contribution in [2.75, 3.05) is 6.61 Å². The van der Waals surface area contributed by atoms with Gasteiger partial charge in [-0.3, -0.25) is 13.9 Å². The molecule has 2 heterocycles. The molecule has 0 aromatic carbocycles. The number of esters is 1. The molecule has 0 fully saturated rings. The number of ether oxygens (including phenoxy) is 1. The van der Waals surface area contributed by atoms with Gasteiger partial charge in [0.05, 0.1) is 6.61 Å². The molecular weight excluding hydrogens is 276 g/mol. The zero-order valence-corrected chi connectivity index (χ0v) is 12.7. The number of hydrogen-bond donors (Lipinski definition) is 0. The molecule has 114 valence electrons. The molecule has 0 aliphatic rings. The van der Waals surface area contributed by atoms with Crippen LogP contribution in [0.3, 0.4) is 0 Å². The fourth-order valence-corrected chi connectivity index (χ4v) is 2.37. The van der Waals surface area contributed by atoms with Crippen LogP contribution in [-0.2, 0) is 23.6 Å². The van der Waals surface area contributed by atoms with Crippen LogP contribution in [0.5, 0.6) is 0 Å². The monoisotopic (exact) mass is 294 g/mol. The Morgan fingerprint density at radius 2 is 1.90 bits per heavy atom. The highest BCUT2D eigenvalue weighted by molar-refractivity contribution is 5.78. The number of rotatable bonds is 3. The summed E-state index contributed by atoms with van der Waals surface area (Å²) in [5, 5.41) is 0. The number of carbonyl (C=O) groups is 1. The maximum atomic E-state index is 12.4. The molecule has 21 heavy (non-hydrogen) atoms. The van der Waals surface area contributed by atoms with Crippen molar-refractivity contribution in [2.24, 2.45) is 14.1 Å². The van der Waals surface area contributed by atoms with Crippen molar-refractivity contribution in [2.45, 2.75) is 26.8 Å². The highest BCUT2D eigenvalue weighted by Gasteiger charge is 2.24. The van der Waals surface area contributed by atoms with Gasteiger partial charge >= 0.3 is 11.7 Å². The first kappa shape index (κ1) is 15.0. The molecule has 8 nitrogen and oxygen atoms in total. The van der Waals surface area contributed by atoms with Gasteiger partial charge in [0.15, 0.2) is 11.2 Å². The number of fused-ring (bicyclic) bond motifs is 1. The first-order chi connectivity index (χ1) is 9.81. The normalized spacial score (nSPS) is 12.6. The van der Waals surface area contributed by atoms with Crippen LogP contribution >= 0.6 is 0 Å². The van der Waals surface area contributed by atoms with Gasteiger partial charge in [-0.05, 0) is 20.8 Å². The highest BCUT2D eigenvalue weighted by Crippen LogP contribution is 2.18. The average Bonchev–Trinajstić information content (AvgIpc) is 2.79. The molecule has 0 spiro atoms. The molecule has 0 saturated carbocycles. The number of aromatic nitrogens is 4. The summed E-state index contributed by atoms with van der Waals surface area (Å²) in [5.41, 5.74) is -0.458. The molecule has 0 radical (unpaired) electrons. The summed E-state index contributed by atoms with van der Waals surface area (Å²) in [6.45, 7) is 5.29. The van der Waals surface area contributed by atoms with E-state index in [1.54, 1.807) is 20.8 Å². The topological polar surface area (TPSA) is 88.1 Å². The van der Waals surface area contributed by atoms with Crippen LogP contribution in [0.2, 0.25) is 0 Å². The predicted octanol–water partition coefficient (Wildman–Crippen LogP) is -0.134. The molecule has 0 bridgehead atoms. The SMILES string of the molecule is CCOC(=O)C(C)n1c(C)nc2c1c(=O)n(C)c(=O)n2C. The molecular formula is C13H18N4O4. The van der Waals surface area contributed by atoms with Gasteiger partial charge in [-0.1, -0.05) is 0 Å². The lowest BCUT2D eigenvalue weighted by Crippen LogP contribution is -2.38. The summed E-state index contributed by atoms with van der Waals surface area (Å²) in [5.74, 6) is 0.0275. The second kappa shape index (κ2) is 5.19. The zero-order valence-electron chi connectivity index (χ0n) is 12.7. The Hall–Kier alpha value is -2.38. The number of carbonyl (C=O) groups excluding carboxylic acids is 1. The summed E-state index contributed by atoms with van der Waals surface area (Å²) in [7, 11) is 2.93. The molecule has 2 aromatic rings. The van der Waals surface area contributed by atoms with E-state index < -0.39 is 23.3 Å². The van der Waals surface area contributed by atoms with E-state index in [1.807, 2.05) is 0 Å². The second-order valence-electron chi connectivity index (χ2n) is 4.84. The molecule has 1 atom stereocenters. The van der Waals surface area contributed by atoms with Gasteiger partial charge in [-0.2, -0.15) is 0 Å². The fourth-order valence-electron chi connectivity index (χ4n) is 2.37. The molecule has 0 aliphatic carbocycles. The summed E-state index contributed by atoms with van der Waals surface area (Å²) in [4.78, 5) is 40.5. The minimum absolute atomic E-state index is 0.220. The number of nitrogens with zero attached hydrogens (tertiary/aromatic N) is 4. The Labute approximate surface area is 120 Å². The highest BCUT2D eigenvalue weighted by atomic mass is 16.5. The quantitative estimate of drug-likeness (QED) is 0.736. The van der Waals surface area contributed by atoms with Crippen molar-refractivity contribution in [3.8, 4) is 0 Å². The van der Waals surface area contributed by atoms with E-state index >= 15 is 0 Å². The minimum Gasteiger partial charge on any atom is -0.464 e. The summed E-state index contributed by atoms with van der Waals surface area (Å²) < 4.78 is 8.79. The van der Waals surface area contributed by atoms with Gasteiger partial charge in [0.2, 0.25) is 0 Å². The zero-order chi connectivity index (χ0) is 15.9. The average molecular weight is 294 g/mol. The molecule has 0 aliphatic heterocycles. The van der Waals surface area contributed by atoms with Crippen molar-refractivity contribution in [1.29, 1.82) is 0 Å². The van der Waals surface area contributed by atoms with E-state index in [0.29, 0.717) is 5.82 Å². The molecule has 8 heteroatoms. The third kappa shape index (κ3) is 2.16. The molecule has 2 rings (SSSR count). The van der Waals surface area contributed by atoms with E-state index in [-0.39, 0.29) is 17.8 Å². The van der Waals surface area contributed by atoms with E-state index in [0.717, 1.165) is 4.57 Å². The van der Waals surface area contributed by atoms with Crippen molar-refractivity contribution in [1.82, 2.24) is 18.7 Å². The van der Waals surface area contributed by atoms with Gasteiger partial charge in [0.25, 0.3) is 5.56 Å². The van der Waals surface area contributed by atoms with E-state index in [1.165, 1.54) is 23.2 Å². The number of aryl methyl sites for hydroxylation is 2. The fraction of sp³-hybridized carbons (Fsp3) is 0.538. The molecule has 0 saturated heterocycles. The maximum Gasteiger partial charge on any atom is 0.332 e. The standard InChI is InChI=1S/C13H18N4O4/c1-6-21-12(19)7(2)17-8(3)14-10-9(17)11(18)16(5)13(20)15(10)4/h7H,6H2,1-5H3. The third-order valence-corrected chi connectivity index (χ3v) is 3.48. The van der Waals surface area contributed by atoms with Gasteiger partial charge in [0, 0.05) is 14.1 Å². The van der Waals surface area contributed by atoms with Crippen LogP contribution in [0, 0.1) is 6.92 Å². The largest absolute Gasteiger partial charge is 0.464 e. The van der Waals surface area contributed by atoms with Gasteiger partial charge < -0.3 is 9.30 Å². The minimum atomic E-state index is -0.694. The summed E-state index contributed by atoms with van der Waals surface area (Å²) in [6, 6.07) is -0.694. The smallest absolute Gasteiger partial charge is 0.332 e. The van der Waals surface area contributed by atoms with Crippen molar-refractivity contribution in [3.05, 3.63) is 26.7 Å². The Morgan fingerprint density at radius 1 is 1.29 bits per heavy atom. The van der Waals surface area contributed by atoms with Gasteiger partial charge in [0.1, 0.15) is 11.9 Å². The van der Waals surface area contributed by atoms with Crippen LogP contribution in [-0.4, -0.2) is 31.3 Å². The van der Waals surface area contributed by atoms with E-state index in [2.05, 4.69) is 4.98 Å². The van der Waals surface area contributed by atoms with Crippen LogP contribution < -0.4 is 11.2 Å². The van der Waals surface area contributed by atoms with E-state index in [9.17, 15) is 14.4 Å². The second-order valence-corrected chi connectivity index (χ2v) is 4.84. The third-order valence-electron chi connectivity index (χ3n) is 3.48. The molecule has 0 amide bonds. The Kier molecular flexibility index (Phi) is 3.71. The lowest BCUT2D eigenvalue weighted by Gasteiger charge is -2.14. The first-order valence-corrected chi connectivity index (χ1v) is 6.62. The summed E-state index contributed by atoms with van der Waals surface area (Å²) >= 11 is 0. The lowest BCUT2D eigenvalue weighted by molar-refractivity contribution is -0.146. The maximum absolute atomic E-state index is 12.4. The molecule has 1 unspecified atom stereocenters. The van der Waals surface area contributed by atoms with Gasteiger partial charge in [-0.25, -0.2) is 14.6 Å². The van der Waals surface area contributed by atoms with Crippen molar-refractivity contribution >= 4 is 17.1 Å². The lowest BCUT2D eigenvalue weighted by atomic mass is 10.3. The van der Waals surface area contributed by atoms with Crippen molar-refractivity contribution in [3.63, 3.8) is 0 Å². The van der Waals surface area contributed by atoms with Crippen LogP contribution in [0.1, 0.15) is 25.7 Å². The van der Waals surface area contributed by atoms with Crippen LogP contribution in [0.25, 0.3) is 11.2 Å². The Morgan fingerprint density at radius 3 is 2.48 bits per heavy atom. The molecule has 0 N–H and O–H groups in total. The number of hydrogen-bond acceptors (Lipinski definition) is 5. The summed E-state index contributed by atoms with van der Waals surface area (Å²) in [6.07, 6.45) is 0. The van der Waals surface area contributed by atoms with Gasteiger partial charge in [-0.15, -0.1) is 0 Å². The number of imidazole rings is 1. The Balaban J connectivity index is 2.83. The van der Waals surface area contributed by atoms with E-state index in [4.69, 9.17) is 4.74 Å². The Bertz CT molecular complexity index is 827. The molecule has 2 aromatic heterocycles. The van der Waals surface area contributed by atoms with Crippen LogP contribution in [0.15, 0.2) is 9.59 Å². The van der Waals surface area contributed by atoms with Crippen molar-refractivity contribution < 1.29 is 9.53 Å².